The van der Waals surface area contributed by atoms with E-state index in [9.17, 15) is 0 Å². The third-order valence-corrected chi connectivity index (χ3v) is 6.17. The molecule has 0 amide bonds. The van der Waals surface area contributed by atoms with Crippen LogP contribution in [0.25, 0.3) is 0 Å². The smallest absolute Gasteiger partial charge is 0.191 e. The zero-order valence-corrected chi connectivity index (χ0v) is 19.1. The molecule has 1 aromatic heterocycles. The van der Waals surface area contributed by atoms with E-state index in [0.29, 0.717) is 0 Å². The first-order valence-corrected chi connectivity index (χ1v) is 11.5. The molecule has 0 saturated carbocycles. The SMILES string of the molecule is CN=C(NCCc1nc(C(C)(C)C)cs1)NCc1ccc(CN2CCCC2)cc1. The van der Waals surface area contributed by atoms with Crippen LogP contribution in [0.15, 0.2) is 34.6 Å². The summed E-state index contributed by atoms with van der Waals surface area (Å²) in [4.78, 5) is 11.6. The van der Waals surface area contributed by atoms with Crippen molar-refractivity contribution < 1.29 is 0 Å². The van der Waals surface area contributed by atoms with Gasteiger partial charge in [-0.25, -0.2) is 4.98 Å². The first-order chi connectivity index (χ1) is 13.9. The molecule has 0 bridgehead atoms. The van der Waals surface area contributed by atoms with E-state index in [0.717, 1.165) is 32.0 Å². The van der Waals surface area contributed by atoms with Gasteiger partial charge in [0.15, 0.2) is 5.96 Å². The quantitative estimate of drug-likeness (QED) is 0.533. The maximum Gasteiger partial charge on any atom is 0.191 e. The Bertz CT molecular complexity index is 782. The van der Waals surface area contributed by atoms with Crippen LogP contribution in [0.1, 0.15) is 55.4 Å². The molecular weight excluding hydrogens is 378 g/mol. The summed E-state index contributed by atoms with van der Waals surface area (Å²) >= 11 is 1.74. The largest absolute Gasteiger partial charge is 0.356 e. The first kappa shape index (κ1) is 21.8. The minimum atomic E-state index is 0.115. The Hall–Kier alpha value is -1.92. The van der Waals surface area contributed by atoms with Gasteiger partial charge in [-0.1, -0.05) is 45.0 Å². The van der Waals surface area contributed by atoms with Crippen LogP contribution in [0.3, 0.4) is 0 Å². The normalized spacial score (nSPS) is 15.7. The van der Waals surface area contributed by atoms with E-state index in [1.54, 1.807) is 11.3 Å². The molecular formula is C23H35N5S. The fourth-order valence-electron chi connectivity index (χ4n) is 3.43. The Morgan fingerprint density at radius 3 is 2.41 bits per heavy atom. The summed E-state index contributed by atoms with van der Waals surface area (Å²) in [6.45, 7) is 11.8. The van der Waals surface area contributed by atoms with Crippen molar-refractivity contribution >= 4 is 17.3 Å². The molecule has 0 radical (unpaired) electrons. The highest BCUT2D eigenvalue weighted by molar-refractivity contribution is 7.09. The number of hydrogen-bond donors (Lipinski definition) is 2. The van der Waals surface area contributed by atoms with Gasteiger partial charge in [0.2, 0.25) is 0 Å². The van der Waals surface area contributed by atoms with Crippen LogP contribution >= 0.6 is 11.3 Å². The second-order valence-electron chi connectivity index (χ2n) is 8.78. The topological polar surface area (TPSA) is 52.6 Å². The molecule has 1 fully saturated rings. The van der Waals surface area contributed by atoms with Crippen molar-refractivity contribution in [3.8, 4) is 0 Å². The third kappa shape index (κ3) is 6.82. The maximum atomic E-state index is 4.76. The first-order valence-electron chi connectivity index (χ1n) is 10.6. The number of guanidine groups is 1. The van der Waals surface area contributed by atoms with Crippen molar-refractivity contribution in [2.75, 3.05) is 26.7 Å². The minimum absolute atomic E-state index is 0.115. The Labute approximate surface area is 179 Å². The Balaban J connectivity index is 1.40. The van der Waals surface area contributed by atoms with Crippen molar-refractivity contribution in [3.05, 3.63) is 51.5 Å². The van der Waals surface area contributed by atoms with E-state index in [1.807, 2.05) is 7.05 Å². The lowest BCUT2D eigenvalue weighted by atomic mass is 9.93. The molecule has 1 aromatic carbocycles. The van der Waals surface area contributed by atoms with Gasteiger partial charge in [-0.05, 0) is 37.1 Å². The molecule has 1 saturated heterocycles. The second kappa shape index (κ2) is 10.2. The summed E-state index contributed by atoms with van der Waals surface area (Å²) in [5.74, 6) is 0.832. The van der Waals surface area contributed by atoms with Gasteiger partial charge in [-0.3, -0.25) is 9.89 Å². The molecule has 6 heteroatoms. The number of likely N-dealkylation sites (tertiary alicyclic amines) is 1. The van der Waals surface area contributed by atoms with Crippen molar-refractivity contribution in [1.29, 1.82) is 0 Å². The van der Waals surface area contributed by atoms with Crippen LogP contribution in [0, 0.1) is 0 Å². The van der Waals surface area contributed by atoms with Crippen molar-refractivity contribution in [2.24, 2.45) is 4.99 Å². The average Bonchev–Trinajstić information content (AvgIpc) is 3.37. The fourth-order valence-corrected chi connectivity index (χ4v) is 4.45. The number of benzene rings is 1. The van der Waals surface area contributed by atoms with Crippen LogP contribution in [-0.2, 0) is 24.9 Å². The highest BCUT2D eigenvalue weighted by Gasteiger charge is 2.17. The molecule has 2 N–H and O–H groups in total. The molecule has 2 aromatic rings. The third-order valence-electron chi connectivity index (χ3n) is 5.26. The van der Waals surface area contributed by atoms with Gasteiger partial charge in [0, 0.05) is 43.9 Å². The zero-order valence-electron chi connectivity index (χ0n) is 18.3. The molecule has 1 aliphatic rings. The van der Waals surface area contributed by atoms with E-state index in [-0.39, 0.29) is 5.41 Å². The van der Waals surface area contributed by atoms with Crippen LogP contribution < -0.4 is 10.6 Å². The molecule has 5 nitrogen and oxygen atoms in total. The van der Waals surface area contributed by atoms with E-state index < -0.39 is 0 Å². The fraction of sp³-hybridized carbons (Fsp3) is 0.565. The number of aromatic nitrogens is 1. The Kier molecular flexibility index (Phi) is 7.67. The molecule has 0 spiro atoms. The number of thiazole rings is 1. The van der Waals surface area contributed by atoms with Crippen LogP contribution in [0.4, 0.5) is 0 Å². The van der Waals surface area contributed by atoms with Crippen molar-refractivity contribution in [2.45, 2.75) is 58.5 Å². The van der Waals surface area contributed by atoms with Crippen molar-refractivity contribution in [1.82, 2.24) is 20.5 Å². The molecule has 158 valence electrons. The average molecular weight is 414 g/mol. The second-order valence-corrected chi connectivity index (χ2v) is 9.72. The van der Waals surface area contributed by atoms with Gasteiger partial charge >= 0.3 is 0 Å². The van der Waals surface area contributed by atoms with Gasteiger partial charge < -0.3 is 10.6 Å². The number of hydrogen-bond acceptors (Lipinski definition) is 4. The summed E-state index contributed by atoms with van der Waals surface area (Å²) in [6.07, 6.45) is 3.59. The van der Waals surface area contributed by atoms with Crippen LogP contribution in [0.2, 0.25) is 0 Å². The van der Waals surface area contributed by atoms with Gasteiger partial charge in [0.25, 0.3) is 0 Å². The summed E-state index contributed by atoms with van der Waals surface area (Å²) < 4.78 is 0. The molecule has 0 unspecified atom stereocenters. The predicted octanol–water partition coefficient (Wildman–Crippen LogP) is 3.94. The Morgan fingerprint density at radius 1 is 1.10 bits per heavy atom. The molecule has 0 aliphatic carbocycles. The van der Waals surface area contributed by atoms with Crippen LogP contribution in [-0.4, -0.2) is 42.5 Å². The van der Waals surface area contributed by atoms with Gasteiger partial charge in [-0.15, -0.1) is 11.3 Å². The Morgan fingerprint density at radius 2 is 1.79 bits per heavy atom. The molecule has 0 atom stereocenters. The highest BCUT2D eigenvalue weighted by Crippen LogP contribution is 2.23. The number of nitrogens with one attached hydrogen (secondary N) is 2. The summed E-state index contributed by atoms with van der Waals surface area (Å²) in [5.41, 5.74) is 3.96. The van der Waals surface area contributed by atoms with Gasteiger partial charge in [-0.2, -0.15) is 0 Å². The van der Waals surface area contributed by atoms with Crippen molar-refractivity contribution in [3.63, 3.8) is 0 Å². The van der Waals surface area contributed by atoms with E-state index in [1.165, 1.54) is 47.8 Å². The zero-order chi connectivity index (χ0) is 20.7. The maximum absolute atomic E-state index is 4.76. The number of aliphatic imine (C=N–C) groups is 1. The summed E-state index contributed by atoms with van der Waals surface area (Å²) in [7, 11) is 1.82. The van der Waals surface area contributed by atoms with E-state index in [2.05, 4.69) is 70.9 Å². The van der Waals surface area contributed by atoms with E-state index in [4.69, 9.17) is 4.98 Å². The predicted molar refractivity (Wildman–Crippen MR) is 124 cm³/mol. The number of rotatable bonds is 7. The van der Waals surface area contributed by atoms with Gasteiger partial charge in [0.05, 0.1) is 10.7 Å². The summed E-state index contributed by atoms with van der Waals surface area (Å²) in [6, 6.07) is 8.94. The molecule has 3 rings (SSSR count). The molecule has 1 aliphatic heterocycles. The van der Waals surface area contributed by atoms with Crippen LogP contribution in [0.5, 0.6) is 0 Å². The molecule has 2 heterocycles. The lowest BCUT2D eigenvalue weighted by Gasteiger charge is -2.15. The van der Waals surface area contributed by atoms with Gasteiger partial charge in [0.1, 0.15) is 0 Å². The summed E-state index contributed by atoms with van der Waals surface area (Å²) in [5, 5.41) is 10.1. The monoisotopic (exact) mass is 413 g/mol. The van der Waals surface area contributed by atoms with E-state index >= 15 is 0 Å². The lowest BCUT2D eigenvalue weighted by molar-refractivity contribution is 0.331. The minimum Gasteiger partial charge on any atom is -0.356 e. The standard InChI is InChI=1S/C23H35N5S/c1-23(2,3)20-17-29-21(27-20)11-12-25-22(24-4)26-15-18-7-9-19(10-8-18)16-28-13-5-6-14-28/h7-10,17H,5-6,11-16H2,1-4H3,(H2,24,25,26). The highest BCUT2D eigenvalue weighted by atomic mass is 32.1. The molecule has 29 heavy (non-hydrogen) atoms. The number of nitrogens with zero attached hydrogens (tertiary/aromatic N) is 3. The lowest BCUT2D eigenvalue weighted by Crippen LogP contribution is -2.37.